The van der Waals surface area contributed by atoms with Gasteiger partial charge in [-0.2, -0.15) is 0 Å². The number of hydrogen-bond donors (Lipinski definition) is 1. The number of nitrogens with zero attached hydrogens (tertiary/aromatic N) is 1. The van der Waals surface area contributed by atoms with E-state index in [1.807, 2.05) is 18.2 Å². The van der Waals surface area contributed by atoms with Crippen LogP contribution in [0.2, 0.25) is 0 Å². The molecule has 0 atom stereocenters. The Balaban J connectivity index is 2.18. The van der Waals surface area contributed by atoms with Gasteiger partial charge in [-0.3, -0.25) is 0 Å². The molecule has 0 aliphatic heterocycles. The minimum Gasteiger partial charge on any atom is -0.309 e. The highest BCUT2D eigenvalue weighted by Gasteiger charge is 1.98. The molecule has 15 heavy (non-hydrogen) atoms. The average Bonchev–Trinajstić information content (AvgIpc) is 2.26. The van der Waals surface area contributed by atoms with Gasteiger partial charge in [0.1, 0.15) is 6.29 Å². The van der Waals surface area contributed by atoms with Crippen molar-refractivity contribution in [2.45, 2.75) is 6.54 Å². The monoisotopic (exact) mass is 206 g/mol. The van der Waals surface area contributed by atoms with Crippen LogP contribution in [0.4, 0.5) is 0 Å². The molecular formula is C12H18N2O. The van der Waals surface area contributed by atoms with Crippen molar-refractivity contribution < 1.29 is 4.79 Å². The van der Waals surface area contributed by atoms with E-state index in [2.05, 4.69) is 29.4 Å². The second-order valence-electron chi connectivity index (χ2n) is 3.59. The summed E-state index contributed by atoms with van der Waals surface area (Å²) in [6.07, 6.45) is 0.886. The lowest BCUT2D eigenvalue weighted by molar-refractivity contribution is -0.107. The van der Waals surface area contributed by atoms with Crippen LogP contribution in [-0.2, 0) is 11.3 Å². The predicted molar refractivity (Wildman–Crippen MR) is 61.7 cm³/mol. The Labute approximate surface area is 91.1 Å². The highest BCUT2D eigenvalue weighted by atomic mass is 16.1. The van der Waals surface area contributed by atoms with Gasteiger partial charge < -0.3 is 15.0 Å². The first-order chi connectivity index (χ1) is 7.33. The van der Waals surface area contributed by atoms with Crippen molar-refractivity contribution in [2.24, 2.45) is 0 Å². The van der Waals surface area contributed by atoms with Gasteiger partial charge in [0.25, 0.3) is 0 Å². The first kappa shape index (κ1) is 11.9. The van der Waals surface area contributed by atoms with E-state index in [4.69, 9.17) is 0 Å². The molecule has 0 bridgehead atoms. The molecule has 0 unspecified atom stereocenters. The number of hydrogen-bond acceptors (Lipinski definition) is 3. The average molecular weight is 206 g/mol. The molecule has 0 aliphatic carbocycles. The van der Waals surface area contributed by atoms with Crippen LogP contribution >= 0.6 is 0 Å². The van der Waals surface area contributed by atoms with Crippen LogP contribution < -0.4 is 5.32 Å². The Morgan fingerprint density at radius 2 is 2.07 bits per heavy atom. The van der Waals surface area contributed by atoms with E-state index in [0.29, 0.717) is 6.54 Å². The van der Waals surface area contributed by atoms with E-state index < -0.39 is 0 Å². The maximum Gasteiger partial charge on any atom is 0.133 e. The summed E-state index contributed by atoms with van der Waals surface area (Å²) < 4.78 is 0. The molecule has 3 nitrogen and oxygen atoms in total. The fourth-order valence-corrected chi connectivity index (χ4v) is 1.41. The van der Waals surface area contributed by atoms with Crippen molar-refractivity contribution >= 4 is 6.29 Å². The second-order valence-corrected chi connectivity index (χ2v) is 3.59. The van der Waals surface area contributed by atoms with Gasteiger partial charge in [-0.25, -0.2) is 0 Å². The van der Waals surface area contributed by atoms with E-state index in [-0.39, 0.29) is 0 Å². The fourth-order valence-electron chi connectivity index (χ4n) is 1.41. The lowest BCUT2D eigenvalue weighted by Crippen LogP contribution is -2.29. The summed E-state index contributed by atoms with van der Waals surface area (Å²) in [5, 5.41) is 3.04. The molecule has 0 aromatic heterocycles. The molecule has 0 spiro atoms. The molecule has 1 aromatic carbocycles. The number of carbonyl (C=O) groups excluding carboxylic acids is 1. The van der Waals surface area contributed by atoms with Crippen molar-refractivity contribution in [1.82, 2.24) is 10.2 Å². The minimum atomic E-state index is 0.444. The van der Waals surface area contributed by atoms with Gasteiger partial charge in [-0.05, 0) is 12.6 Å². The lowest BCUT2D eigenvalue weighted by atomic mass is 10.2. The SMILES string of the molecule is CN(CCNCC=O)Cc1ccccc1. The van der Waals surface area contributed by atoms with Crippen LogP contribution in [-0.4, -0.2) is 37.9 Å². The van der Waals surface area contributed by atoms with Crippen LogP contribution in [0.3, 0.4) is 0 Å². The van der Waals surface area contributed by atoms with Gasteiger partial charge in [-0.15, -0.1) is 0 Å². The number of rotatable bonds is 7. The molecular weight excluding hydrogens is 188 g/mol. The Bertz CT molecular complexity index is 274. The third-order valence-corrected chi connectivity index (χ3v) is 2.19. The first-order valence-corrected chi connectivity index (χ1v) is 5.19. The Hall–Kier alpha value is -1.19. The second kappa shape index (κ2) is 7.15. The first-order valence-electron chi connectivity index (χ1n) is 5.19. The van der Waals surface area contributed by atoms with E-state index in [1.165, 1.54) is 5.56 Å². The van der Waals surface area contributed by atoms with Gasteiger partial charge in [0.15, 0.2) is 0 Å². The number of carbonyl (C=O) groups is 1. The van der Waals surface area contributed by atoms with Crippen LogP contribution in [0, 0.1) is 0 Å². The van der Waals surface area contributed by atoms with Crippen molar-refractivity contribution in [3.8, 4) is 0 Å². The summed E-state index contributed by atoms with van der Waals surface area (Å²) in [4.78, 5) is 12.3. The molecule has 0 heterocycles. The van der Waals surface area contributed by atoms with Gasteiger partial charge >= 0.3 is 0 Å². The third kappa shape index (κ3) is 5.30. The van der Waals surface area contributed by atoms with Crippen LogP contribution in [0.1, 0.15) is 5.56 Å². The zero-order valence-corrected chi connectivity index (χ0v) is 9.15. The molecule has 0 radical (unpaired) electrons. The van der Waals surface area contributed by atoms with Gasteiger partial charge in [0.05, 0.1) is 6.54 Å². The summed E-state index contributed by atoms with van der Waals surface area (Å²) >= 11 is 0. The van der Waals surface area contributed by atoms with Gasteiger partial charge in [0.2, 0.25) is 0 Å². The molecule has 1 aromatic rings. The number of nitrogens with one attached hydrogen (secondary N) is 1. The molecule has 1 N–H and O–H groups in total. The van der Waals surface area contributed by atoms with Crippen molar-refractivity contribution in [3.05, 3.63) is 35.9 Å². The van der Waals surface area contributed by atoms with Crippen molar-refractivity contribution in [2.75, 3.05) is 26.7 Å². The molecule has 82 valence electrons. The van der Waals surface area contributed by atoms with Crippen LogP contribution in [0.25, 0.3) is 0 Å². The van der Waals surface area contributed by atoms with Crippen molar-refractivity contribution in [1.29, 1.82) is 0 Å². The molecule has 0 aliphatic rings. The minimum absolute atomic E-state index is 0.444. The molecule has 0 fully saturated rings. The Kier molecular flexibility index (Phi) is 5.66. The van der Waals surface area contributed by atoms with E-state index in [1.54, 1.807) is 0 Å². The summed E-state index contributed by atoms with van der Waals surface area (Å²) in [5.41, 5.74) is 1.32. The number of likely N-dealkylation sites (N-methyl/N-ethyl adjacent to an activating group) is 1. The van der Waals surface area contributed by atoms with E-state index >= 15 is 0 Å². The van der Waals surface area contributed by atoms with E-state index in [0.717, 1.165) is 25.9 Å². The summed E-state index contributed by atoms with van der Waals surface area (Å²) in [6.45, 7) is 3.19. The molecule has 3 heteroatoms. The maximum absolute atomic E-state index is 10.1. The highest BCUT2D eigenvalue weighted by molar-refractivity contribution is 5.51. The molecule has 0 saturated carbocycles. The molecule has 1 rings (SSSR count). The fraction of sp³-hybridized carbons (Fsp3) is 0.417. The number of benzene rings is 1. The predicted octanol–water partition coefficient (Wildman–Crippen LogP) is 0.907. The van der Waals surface area contributed by atoms with Crippen molar-refractivity contribution in [3.63, 3.8) is 0 Å². The Morgan fingerprint density at radius 3 is 2.73 bits per heavy atom. The standard InChI is InChI=1S/C12H18N2O/c1-14(9-7-13-8-10-15)11-12-5-3-2-4-6-12/h2-6,10,13H,7-9,11H2,1H3. The van der Waals surface area contributed by atoms with E-state index in [9.17, 15) is 4.79 Å². The zero-order chi connectivity index (χ0) is 10.9. The smallest absolute Gasteiger partial charge is 0.133 e. The topological polar surface area (TPSA) is 32.3 Å². The maximum atomic E-state index is 10.1. The number of aldehydes is 1. The lowest BCUT2D eigenvalue weighted by Gasteiger charge is -2.16. The quantitative estimate of drug-likeness (QED) is 0.531. The van der Waals surface area contributed by atoms with Gasteiger partial charge in [-0.1, -0.05) is 30.3 Å². The van der Waals surface area contributed by atoms with Gasteiger partial charge in [0, 0.05) is 19.6 Å². The highest BCUT2D eigenvalue weighted by Crippen LogP contribution is 2.01. The summed E-state index contributed by atoms with van der Waals surface area (Å²) in [7, 11) is 2.08. The van der Waals surface area contributed by atoms with Crippen LogP contribution in [0.5, 0.6) is 0 Å². The summed E-state index contributed by atoms with van der Waals surface area (Å²) in [5.74, 6) is 0. The normalized spacial score (nSPS) is 10.5. The largest absolute Gasteiger partial charge is 0.309 e. The summed E-state index contributed by atoms with van der Waals surface area (Å²) in [6, 6.07) is 10.4. The third-order valence-electron chi connectivity index (χ3n) is 2.19. The van der Waals surface area contributed by atoms with Crippen LogP contribution in [0.15, 0.2) is 30.3 Å². The molecule has 0 amide bonds. The zero-order valence-electron chi connectivity index (χ0n) is 9.15. The Morgan fingerprint density at radius 1 is 1.33 bits per heavy atom. The molecule has 0 saturated heterocycles.